The predicted molar refractivity (Wildman–Crippen MR) is 96.3 cm³/mol. The van der Waals surface area contributed by atoms with E-state index in [0.29, 0.717) is 25.9 Å². The van der Waals surface area contributed by atoms with Crippen LogP contribution in [-0.4, -0.2) is 67.8 Å². The number of hydrogen-bond donors (Lipinski definition) is 0. The first kappa shape index (κ1) is 20.0. The summed E-state index contributed by atoms with van der Waals surface area (Å²) in [6, 6.07) is 0.0130. The third-order valence-corrected chi connectivity index (χ3v) is 5.64. The molecule has 2 aliphatic rings. The number of hydrogen-bond acceptors (Lipinski definition) is 4. The van der Waals surface area contributed by atoms with Crippen LogP contribution in [0.1, 0.15) is 52.9 Å². The van der Waals surface area contributed by atoms with Gasteiger partial charge in [-0.05, 0) is 19.3 Å². The van der Waals surface area contributed by atoms with Crippen LogP contribution < -0.4 is 0 Å². The van der Waals surface area contributed by atoms with E-state index in [1.54, 1.807) is 23.9 Å². The zero-order chi connectivity index (χ0) is 18.6. The van der Waals surface area contributed by atoms with Crippen molar-refractivity contribution in [2.24, 2.45) is 11.3 Å². The number of carbonyl (C=O) groups is 2. The Morgan fingerprint density at radius 2 is 1.80 bits per heavy atom. The maximum Gasteiger partial charge on any atom is 0.319 e. The minimum absolute atomic E-state index is 0.0130. The molecule has 1 saturated carbocycles. The topological polar surface area (TPSA) is 59.1 Å². The molecule has 2 rings (SSSR count). The van der Waals surface area contributed by atoms with Gasteiger partial charge in [0.2, 0.25) is 0 Å². The molecule has 2 atom stereocenters. The fourth-order valence-electron chi connectivity index (χ4n) is 3.53. The van der Waals surface area contributed by atoms with Gasteiger partial charge in [0.15, 0.2) is 0 Å². The van der Waals surface area contributed by atoms with Crippen molar-refractivity contribution in [1.82, 2.24) is 9.80 Å². The predicted octanol–water partition coefficient (Wildman–Crippen LogP) is 2.91. The average molecular weight is 354 g/mol. The minimum Gasteiger partial charge on any atom is -0.461 e. The van der Waals surface area contributed by atoms with Crippen LogP contribution in [0.2, 0.25) is 0 Å². The number of amides is 2. The van der Waals surface area contributed by atoms with E-state index >= 15 is 0 Å². The van der Waals surface area contributed by atoms with Crippen LogP contribution >= 0.6 is 0 Å². The second-order valence-corrected chi connectivity index (χ2v) is 8.13. The number of carbonyl (C=O) groups excluding carboxylic acids is 2. The molecule has 0 bridgehead atoms. The molecule has 6 heteroatoms. The van der Waals surface area contributed by atoms with Gasteiger partial charge >= 0.3 is 12.0 Å². The molecule has 144 valence electrons. The number of urea groups is 1. The molecule has 2 amide bonds. The molecule has 0 aromatic heterocycles. The van der Waals surface area contributed by atoms with E-state index in [1.165, 1.54) is 0 Å². The highest BCUT2D eigenvalue weighted by Crippen LogP contribution is 2.45. The van der Waals surface area contributed by atoms with Crippen molar-refractivity contribution < 1.29 is 19.1 Å². The molecular formula is C19H34N2O4. The SMILES string of the molecule is CCCCO[C@H]1C[C@@H](OC(=O)C2CCN(C(=O)N(C)C)CC2)C1(C)C. The Hall–Kier alpha value is -1.30. The van der Waals surface area contributed by atoms with Crippen molar-refractivity contribution in [3.63, 3.8) is 0 Å². The normalized spacial score (nSPS) is 26.0. The number of piperidine rings is 1. The zero-order valence-corrected chi connectivity index (χ0v) is 16.4. The molecule has 1 heterocycles. The van der Waals surface area contributed by atoms with Crippen LogP contribution in [0.5, 0.6) is 0 Å². The van der Waals surface area contributed by atoms with E-state index in [4.69, 9.17) is 9.47 Å². The van der Waals surface area contributed by atoms with Gasteiger partial charge in [-0.3, -0.25) is 4.79 Å². The van der Waals surface area contributed by atoms with Gasteiger partial charge in [0.1, 0.15) is 6.10 Å². The fraction of sp³-hybridized carbons (Fsp3) is 0.895. The van der Waals surface area contributed by atoms with Crippen LogP contribution in [0.4, 0.5) is 4.79 Å². The molecule has 0 aromatic rings. The van der Waals surface area contributed by atoms with E-state index in [1.807, 2.05) is 0 Å². The summed E-state index contributed by atoms with van der Waals surface area (Å²) < 4.78 is 11.7. The van der Waals surface area contributed by atoms with Crippen molar-refractivity contribution in [3.05, 3.63) is 0 Å². The zero-order valence-electron chi connectivity index (χ0n) is 16.4. The summed E-state index contributed by atoms with van der Waals surface area (Å²) in [5.74, 6) is -0.205. The van der Waals surface area contributed by atoms with Gasteiger partial charge in [-0.2, -0.15) is 0 Å². The van der Waals surface area contributed by atoms with Crippen molar-refractivity contribution in [1.29, 1.82) is 0 Å². The smallest absolute Gasteiger partial charge is 0.319 e. The van der Waals surface area contributed by atoms with Gasteiger partial charge in [-0.1, -0.05) is 27.2 Å². The quantitative estimate of drug-likeness (QED) is 0.544. The number of rotatable bonds is 6. The maximum absolute atomic E-state index is 12.5. The number of nitrogens with zero attached hydrogens (tertiary/aromatic N) is 2. The van der Waals surface area contributed by atoms with Crippen LogP contribution in [0, 0.1) is 11.3 Å². The Labute approximate surface area is 151 Å². The summed E-state index contributed by atoms with van der Waals surface area (Å²) in [6.45, 7) is 8.40. The molecule has 0 aromatic carbocycles. The number of esters is 1. The summed E-state index contributed by atoms with van der Waals surface area (Å²) in [7, 11) is 3.50. The van der Waals surface area contributed by atoms with E-state index in [-0.39, 0.29) is 35.5 Å². The van der Waals surface area contributed by atoms with Gasteiger partial charge < -0.3 is 19.3 Å². The summed E-state index contributed by atoms with van der Waals surface area (Å²) in [4.78, 5) is 27.8. The van der Waals surface area contributed by atoms with Gasteiger partial charge in [0, 0.05) is 45.6 Å². The van der Waals surface area contributed by atoms with E-state index in [2.05, 4.69) is 20.8 Å². The molecule has 0 radical (unpaired) electrons. The standard InChI is InChI=1S/C19H34N2O4/c1-6-7-12-24-15-13-16(19(15,2)3)25-17(22)14-8-10-21(11-9-14)18(23)20(4)5/h14-16H,6-13H2,1-5H3/t15-,16+/m0/s1. The molecule has 0 unspecified atom stereocenters. The van der Waals surface area contributed by atoms with Crippen molar-refractivity contribution >= 4 is 12.0 Å². The first-order chi connectivity index (χ1) is 11.8. The second kappa shape index (κ2) is 8.39. The Balaban J connectivity index is 1.75. The summed E-state index contributed by atoms with van der Waals surface area (Å²) in [6.07, 6.45) is 4.47. The lowest BCUT2D eigenvalue weighted by Gasteiger charge is -2.50. The summed E-state index contributed by atoms with van der Waals surface area (Å²) in [5.41, 5.74) is -0.120. The van der Waals surface area contributed by atoms with Crippen LogP contribution in [-0.2, 0) is 14.3 Å². The lowest BCUT2D eigenvalue weighted by atomic mass is 9.66. The first-order valence-corrected chi connectivity index (χ1v) is 9.55. The van der Waals surface area contributed by atoms with Gasteiger partial charge in [0.05, 0.1) is 12.0 Å². The Morgan fingerprint density at radius 3 is 2.32 bits per heavy atom. The van der Waals surface area contributed by atoms with Gasteiger partial charge in [-0.25, -0.2) is 4.79 Å². The highest BCUT2D eigenvalue weighted by Gasteiger charge is 2.52. The lowest BCUT2D eigenvalue weighted by Crippen LogP contribution is -2.57. The maximum atomic E-state index is 12.5. The molecule has 2 fully saturated rings. The Kier molecular flexibility index (Phi) is 6.72. The highest BCUT2D eigenvalue weighted by atomic mass is 16.6. The van der Waals surface area contributed by atoms with Crippen molar-refractivity contribution in [2.75, 3.05) is 33.8 Å². The second-order valence-electron chi connectivity index (χ2n) is 8.13. The first-order valence-electron chi connectivity index (χ1n) is 9.55. The van der Waals surface area contributed by atoms with Gasteiger partial charge in [0.25, 0.3) is 0 Å². The summed E-state index contributed by atoms with van der Waals surface area (Å²) in [5, 5.41) is 0. The van der Waals surface area contributed by atoms with Crippen LogP contribution in [0.15, 0.2) is 0 Å². The largest absolute Gasteiger partial charge is 0.461 e. The van der Waals surface area contributed by atoms with E-state index in [9.17, 15) is 9.59 Å². The lowest BCUT2D eigenvalue weighted by molar-refractivity contribution is -0.207. The van der Waals surface area contributed by atoms with E-state index < -0.39 is 0 Å². The molecule has 0 N–H and O–H groups in total. The van der Waals surface area contributed by atoms with Crippen LogP contribution in [0.25, 0.3) is 0 Å². The summed E-state index contributed by atoms with van der Waals surface area (Å²) >= 11 is 0. The molecule has 25 heavy (non-hydrogen) atoms. The van der Waals surface area contributed by atoms with Gasteiger partial charge in [-0.15, -0.1) is 0 Å². The molecule has 1 aliphatic heterocycles. The molecule has 1 aliphatic carbocycles. The van der Waals surface area contributed by atoms with Crippen molar-refractivity contribution in [2.45, 2.75) is 65.1 Å². The fourth-order valence-corrected chi connectivity index (χ4v) is 3.53. The Bertz CT molecular complexity index is 470. The minimum atomic E-state index is -0.120. The molecule has 6 nitrogen and oxygen atoms in total. The average Bonchev–Trinajstić information content (AvgIpc) is 2.59. The molecular weight excluding hydrogens is 320 g/mol. The highest BCUT2D eigenvalue weighted by molar-refractivity contribution is 5.76. The third-order valence-electron chi connectivity index (χ3n) is 5.64. The van der Waals surface area contributed by atoms with Crippen molar-refractivity contribution in [3.8, 4) is 0 Å². The molecule has 0 spiro atoms. The van der Waals surface area contributed by atoms with E-state index in [0.717, 1.165) is 25.9 Å². The third kappa shape index (κ3) is 4.66. The molecule has 1 saturated heterocycles. The number of ether oxygens (including phenoxy) is 2. The van der Waals surface area contributed by atoms with Crippen LogP contribution in [0.3, 0.4) is 0 Å². The monoisotopic (exact) mass is 354 g/mol. The number of unbranched alkanes of at least 4 members (excludes halogenated alkanes) is 1. The number of likely N-dealkylation sites (tertiary alicyclic amines) is 1. The Morgan fingerprint density at radius 1 is 1.16 bits per heavy atom.